The quantitative estimate of drug-likeness (QED) is 0.918. The molecule has 108 valence electrons. The first-order chi connectivity index (χ1) is 9.03. The summed E-state index contributed by atoms with van der Waals surface area (Å²) in [4.78, 5) is 2.50. The van der Waals surface area contributed by atoms with Gasteiger partial charge in [-0.1, -0.05) is 0 Å². The van der Waals surface area contributed by atoms with Crippen LogP contribution >= 0.6 is 11.8 Å². The van der Waals surface area contributed by atoms with Crippen LogP contribution in [0.2, 0.25) is 0 Å². The summed E-state index contributed by atoms with van der Waals surface area (Å²) in [5.74, 6) is 3.65. The van der Waals surface area contributed by atoms with Crippen molar-refractivity contribution < 1.29 is 4.42 Å². The second-order valence-corrected chi connectivity index (χ2v) is 7.49. The highest BCUT2D eigenvalue weighted by atomic mass is 32.2. The van der Waals surface area contributed by atoms with Crippen LogP contribution in [0, 0.1) is 0 Å². The summed E-state index contributed by atoms with van der Waals surface area (Å²) in [6.45, 7) is 10.8. The van der Waals surface area contributed by atoms with E-state index in [0.717, 1.165) is 18.8 Å². The lowest BCUT2D eigenvalue weighted by atomic mass is 10.1. The molecule has 1 aromatic rings. The molecule has 1 aromatic heterocycles. The van der Waals surface area contributed by atoms with Gasteiger partial charge in [-0.05, 0) is 45.6 Å². The zero-order valence-electron chi connectivity index (χ0n) is 12.4. The third kappa shape index (κ3) is 5.59. The smallest absolute Gasteiger partial charge is 0.118 e. The Morgan fingerprint density at radius 3 is 2.95 bits per heavy atom. The molecule has 4 heteroatoms. The average molecular weight is 282 g/mol. The molecule has 0 unspecified atom stereocenters. The molecule has 1 aliphatic heterocycles. The molecule has 0 amide bonds. The van der Waals surface area contributed by atoms with Crippen molar-refractivity contribution in [3.05, 3.63) is 23.7 Å². The maximum Gasteiger partial charge on any atom is 0.118 e. The Labute approximate surface area is 121 Å². The number of hydrogen-bond acceptors (Lipinski definition) is 4. The van der Waals surface area contributed by atoms with E-state index in [0.29, 0.717) is 0 Å². The maximum absolute atomic E-state index is 5.68. The summed E-state index contributed by atoms with van der Waals surface area (Å²) in [6, 6.07) is 2.19. The maximum atomic E-state index is 5.68. The Morgan fingerprint density at radius 2 is 2.16 bits per heavy atom. The summed E-state index contributed by atoms with van der Waals surface area (Å²) in [5, 5.41) is 3.49. The number of nitrogens with zero attached hydrogens (tertiary/aromatic N) is 1. The van der Waals surface area contributed by atoms with Gasteiger partial charge >= 0.3 is 0 Å². The van der Waals surface area contributed by atoms with Gasteiger partial charge in [0.05, 0.1) is 12.8 Å². The lowest BCUT2D eigenvalue weighted by Crippen LogP contribution is -2.34. The molecule has 0 aliphatic carbocycles. The Kier molecular flexibility index (Phi) is 5.37. The van der Waals surface area contributed by atoms with Gasteiger partial charge in [-0.3, -0.25) is 4.90 Å². The molecule has 0 aromatic carbocycles. The van der Waals surface area contributed by atoms with Crippen LogP contribution in [-0.4, -0.2) is 35.0 Å². The Hall–Kier alpha value is -0.450. The molecule has 3 nitrogen and oxygen atoms in total. The van der Waals surface area contributed by atoms with Crippen molar-refractivity contribution in [1.29, 1.82) is 0 Å². The highest BCUT2D eigenvalue weighted by molar-refractivity contribution is 7.99. The van der Waals surface area contributed by atoms with Gasteiger partial charge in [0.15, 0.2) is 0 Å². The zero-order valence-corrected chi connectivity index (χ0v) is 13.2. The Balaban J connectivity index is 1.82. The number of rotatable bonds is 4. The van der Waals surface area contributed by atoms with Gasteiger partial charge in [0.2, 0.25) is 0 Å². The van der Waals surface area contributed by atoms with Crippen molar-refractivity contribution >= 4 is 11.8 Å². The standard InChI is InChI=1S/C15H26N2OS/c1-15(2,3)16-10-13-9-14(18-12-13)11-17-5-4-7-19-8-6-17/h9,12,16H,4-8,10-11H2,1-3H3. The molecule has 0 spiro atoms. The normalized spacial score (nSPS) is 18.5. The molecule has 0 atom stereocenters. The van der Waals surface area contributed by atoms with Gasteiger partial charge in [-0.15, -0.1) is 0 Å². The van der Waals surface area contributed by atoms with Crippen LogP contribution in [-0.2, 0) is 13.1 Å². The van der Waals surface area contributed by atoms with Crippen LogP contribution in [0.25, 0.3) is 0 Å². The topological polar surface area (TPSA) is 28.4 Å². The van der Waals surface area contributed by atoms with Gasteiger partial charge in [0, 0.05) is 29.9 Å². The fourth-order valence-electron chi connectivity index (χ4n) is 2.15. The van der Waals surface area contributed by atoms with Crippen molar-refractivity contribution in [2.24, 2.45) is 0 Å². The van der Waals surface area contributed by atoms with Crippen LogP contribution < -0.4 is 5.32 Å². The van der Waals surface area contributed by atoms with Crippen LogP contribution in [0.15, 0.2) is 16.7 Å². The van der Waals surface area contributed by atoms with Crippen molar-refractivity contribution in [2.45, 2.75) is 45.8 Å². The molecule has 19 heavy (non-hydrogen) atoms. The van der Waals surface area contributed by atoms with E-state index < -0.39 is 0 Å². The third-order valence-corrected chi connectivity index (χ3v) is 4.27. The van der Waals surface area contributed by atoms with Crippen molar-refractivity contribution in [3.8, 4) is 0 Å². The highest BCUT2D eigenvalue weighted by Gasteiger charge is 2.13. The lowest BCUT2D eigenvalue weighted by molar-refractivity contribution is 0.262. The summed E-state index contributed by atoms with van der Waals surface area (Å²) in [6.07, 6.45) is 3.18. The fraction of sp³-hybridized carbons (Fsp3) is 0.733. The van der Waals surface area contributed by atoms with E-state index in [1.807, 2.05) is 6.26 Å². The molecular formula is C15H26N2OS. The fourth-order valence-corrected chi connectivity index (χ4v) is 3.07. The van der Waals surface area contributed by atoms with E-state index in [1.165, 1.54) is 36.6 Å². The van der Waals surface area contributed by atoms with E-state index in [9.17, 15) is 0 Å². The number of hydrogen-bond donors (Lipinski definition) is 1. The minimum atomic E-state index is 0.152. The molecular weight excluding hydrogens is 256 g/mol. The molecule has 1 N–H and O–H groups in total. The van der Waals surface area contributed by atoms with E-state index in [4.69, 9.17) is 4.42 Å². The molecule has 1 aliphatic rings. The molecule has 2 rings (SSSR count). The Bertz CT molecular complexity index is 376. The van der Waals surface area contributed by atoms with Gasteiger partial charge in [-0.2, -0.15) is 11.8 Å². The minimum absolute atomic E-state index is 0.152. The number of furan rings is 1. The van der Waals surface area contributed by atoms with Crippen LogP contribution in [0.1, 0.15) is 38.5 Å². The van der Waals surface area contributed by atoms with E-state index in [1.54, 1.807) is 0 Å². The van der Waals surface area contributed by atoms with Crippen molar-refractivity contribution in [3.63, 3.8) is 0 Å². The molecule has 0 bridgehead atoms. The second kappa shape index (κ2) is 6.82. The van der Waals surface area contributed by atoms with Crippen LogP contribution in [0.4, 0.5) is 0 Å². The van der Waals surface area contributed by atoms with Crippen LogP contribution in [0.3, 0.4) is 0 Å². The largest absolute Gasteiger partial charge is 0.468 e. The minimum Gasteiger partial charge on any atom is -0.468 e. The van der Waals surface area contributed by atoms with E-state index >= 15 is 0 Å². The Morgan fingerprint density at radius 1 is 1.32 bits per heavy atom. The highest BCUT2D eigenvalue weighted by Crippen LogP contribution is 2.15. The van der Waals surface area contributed by atoms with Gasteiger partial charge in [0.25, 0.3) is 0 Å². The summed E-state index contributed by atoms with van der Waals surface area (Å²) >= 11 is 2.06. The third-order valence-electron chi connectivity index (χ3n) is 3.23. The lowest BCUT2D eigenvalue weighted by Gasteiger charge is -2.19. The number of nitrogens with one attached hydrogen (secondary N) is 1. The summed E-state index contributed by atoms with van der Waals surface area (Å²) in [5.41, 5.74) is 1.40. The average Bonchev–Trinajstić information content (AvgIpc) is 2.61. The van der Waals surface area contributed by atoms with Gasteiger partial charge < -0.3 is 9.73 Å². The first kappa shape index (κ1) is 14.9. The SMILES string of the molecule is CC(C)(C)NCc1coc(CN2CCCSCC2)c1. The van der Waals surface area contributed by atoms with Crippen molar-refractivity contribution in [2.75, 3.05) is 24.6 Å². The van der Waals surface area contributed by atoms with Gasteiger partial charge in [-0.25, -0.2) is 0 Å². The predicted octanol–water partition coefficient (Wildman–Crippen LogP) is 3.11. The van der Waals surface area contributed by atoms with E-state index in [-0.39, 0.29) is 5.54 Å². The predicted molar refractivity (Wildman–Crippen MR) is 82.5 cm³/mol. The first-order valence-electron chi connectivity index (χ1n) is 7.14. The molecule has 0 saturated carbocycles. The van der Waals surface area contributed by atoms with E-state index in [2.05, 4.69) is 48.8 Å². The molecule has 0 radical (unpaired) electrons. The first-order valence-corrected chi connectivity index (χ1v) is 8.30. The second-order valence-electron chi connectivity index (χ2n) is 6.27. The number of thioether (sulfide) groups is 1. The molecule has 2 heterocycles. The monoisotopic (exact) mass is 282 g/mol. The summed E-state index contributed by atoms with van der Waals surface area (Å²) in [7, 11) is 0. The zero-order chi connectivity index (χ0) is 13.7. The van der Waals surface area contributed by atoms with Crippen LogP contribution in [0.5, 0.6) is 0 Å². The summed E-state index contributed by atoms with van der Waals surface area (Å²) < 4.78 is 5.68. The molecule has 1 saturated heterocycles. The van der Waals surface area contributed by atoms with Crippen molar-refractivity contribution in [1.82, 2.24) is 10.2 Å². The molecule has 1 fully saturated rings. The van der Waals surface area contributed by atoms with Gasteiger partial charge in [0.1, 0.15) is 5.76 Å².